The summed E-state index contributed by atoms with van der Waals surface area (Å²) in [4.78, 5) is 16.5. The number of halogens is 1. The lowest BCUT2D eigenvalue weighted by molar-refractivity contribution is 0.629. The second-order valence-electron chi connectivity index (χ2n) is 5.62. The minimum Gasteiger partial charge on any atom is -0.293 e. The second-order valence-corrected chi connectivity index (χ2v) is 5.62. The Hall–Kier alpha value is -3.22. The van der Waals surface area contributed by atoms with E-state index in [1.165, 1.54) is 16.6 Å². The van der Waals surface area contributed by atoms with E-state index < -0.39 is 5.82 Å². The molecule has 6 nitrogen and oxygen atoms in total. The summed E-state index contributed by atoms with van der Waals surface area (Å²) in [6.45, 7) is 3.53. The van der Waals surface area contributed by atoms with Crippen LogP contribution in [-0.4, -0.2) is 24.4 Å². The zero-order valence-electron chi connectivity index (χ0n) is 13.1. The standard InChI is InChI=1S/C17H14FN5O/c1-10-8-15(24)23-17(20-10)16(11(2)21-23)13-5-4-12(9-14(13)18)22-7-3-6-19-22/h3-9,21H,1-2H3. The third-order valence-electron chi connectivity index (χ3n) is 3.92. The fourth-order valence-electron chi connectivity index (χ4n) is 2.86. The molecule has 120 valence electrons. The van der Waals surface area contributed by atoms with Gasteiger partial charge >= 0.3 is 0 Å². The largest absolute Gasteiger partial charge is 0.293 e. The van der Waals surface area contributed by atoms with Gasteiger partial charge in [-0.2, -0.15) is 5.10 Å². The van der Waals surface area contributed by atoms with Crippen molar-refractivity contribution < 1.29 is 4.39 Å². The molecule has 1 N–H and O–H groups in total. The molecule has 0 aliphatic heterocycles. The molecule has 24 heavy (non-hydrogen) atoms. The highest BCUT2D eigenvalue weighted by molar-refractivity contribution is 5.80. The lowest BCUT2D eigenvalue weighted by atomic mass is 10.0. The van der Waals surface area contributed by atoms with Crippen LogP contribution in [0.4, 0.5) is 4.39 Å². The van der Waals surface area contributed by atoms with Crippen molar-refractivity contribution in [1.29, 1.82) is 0 Å². The SMILES string of the molecule is Cc1cc(=O)n2[nH]c(C)c(-c3ccc(-n4cccn4)cc3F)c2n1. The summed E-state index contributed by atoms with van der Waals surface area (Å²) < 4.78 is 17.7. The summed E-state index contributed by atoms with van der Waals surface area (Å²) in [6.07, 6.45) is 3.38. The van der Waals surface area contributed by atoms with Gasteiger partial charge in [0.2, 0.25) is 0 Å². The van der Waals surface area contributed by atoms with Gasteiger partial charge in [0.1, 0.15) is 5.82 Å². The summed E-state index contributed by atoms with van der Waals surface area (Å²) in [5.74, 6) is -0.400. The Balaban J connectivity index is 1.95. The topological polar surface area (TPSA) is 68.0 Å². The van der Waals surface area contributed by atoms with Crippen LogP contribution in [0.3, 0.4) is 0 Å². The van der Waals surface area contributed by atoms with Crippen LogP contribution in [0.2, 0.25) is 0 Å². The van der Waals surface area contributed by atoms with Crippen LogP contribution in [0, 0.1) is 19.7 Å². The van der Waals surface area contributed by atoms with Gasteiger partial charge in [0.25, 0.3) is 5.56 Å². The predicted molar refractivity (Wildman–Crippen MR) is 87.8 cm³/mol. The quantitative estimate of drug-likeness (QED) is 0.616. The van der Waals surface area contributed by atoms with Crippen molar-refractivity contribution in [2.24, 2.45) is 0 Å². The Bertz CT molecular complexity index is 1110. The molecule has 7 heteroatoms. The van der Waals surface area contributed by atoms with Crippen LogP contribution in [0.1, 0.15) is 11.4 Å². The Morgan fingerprint density at radius 3 is 2.75 bits per heavy atom. The van der Waals surface area contributed by atoms with Crippen molar-refractivity contribution in [1.82, 2.24) is 24.4 Å². The molecule has 0 atom stereocenters. The molecule has 4 rings (SSSR count). The first-order chi connectivity index (χ1) is 11.5. The first kappa shape index (κ1) is 14.4. The van der Waals surface area contributed by atoms with Gasteiger partial charge in [-0.1, -0.05) is 0 Å². The van der Waals surface area contributed by atoms with Gasteiger partial charge in [-0.3, -0.25) is 9.89 Å². The Morgan fingerprint density at radius 1 is 1.21 bits per heavy atom. The minimum atomic E-state index is -0.400. The number of benzene rings is 1. The maximum Gasteiger partial charge on any atom is 0.272 e. The number of hydrogen-bond acceptors (Lipinski definition) is 3. The van der Waals surface area contributed by atoms with E-state index in [1.54, 1.807) is 49.1 Å². The third kappa shape index (κ3) is 2.13. The number of H-pyrrole nitrogens is 1. The molecule has 1 aromatic carbocycles. The average Bonchev–Trinajstić information content (AvgIpc) is 3.16. The monoisotopic (exact) mass is 323 g/mol. The molecule has 0 bridgehead atoms. The highest BCUT2D eigenvalue weighted by Crippen LogP contribution is 2.30. The van der Waals surface area contributed by atoms with E-state index in [4.69, 9.17) is 0 Å². The van der Waals surface area contributed by atoms with E-state index in [0.717, 1.165) is 0 Å². The molecule has 0 spiro atoms. The lowest BCUT2D eigenvalue weighted by Crippen LogP contribution is -2.14. The van der Waals surface area contributed by atoms with Crippen LogP contribution < -0.4 is 5.56 Å². The summed E-state index contributed by atoms with van der Waals surface area (Å²) in [6, 6.07) is 8.08. The summed E-state index contributed by atoms with van der Waals surface area (Å²) >= 11 is 0. The number of nitrogens with one attached hydrogen (secondary N) is 1. The van der Waals surface area contributed by atoms with E-state index >= 15 is 0 Å². The molecule has 0 radical (unpaired) electrons. The molecule has 0 aliphatic carbocycles. The summed E-state index contributed by atoms with van der Waals surface area (Å²) in [5.41, 5.74) is 3.06. The summed E-state index contributed by atoms with van der Waals surface area (Å²) in [7, 11) is 0. The second kappa shape index (κ2) is 5.16. The summed E-state index contributed by atoms with van der Waals surface area (Å²) in [5, 5.41) is 7.04. The number of nitrogens with zero attached hydrogens (tertiary/aromatic N) is 4. The van der Waals surface area contributed by atoms with Gasteiger partial charge in [-0.05, 0) is 32.0 Å². The fraction of sp³-hybridized carbons (Fsp3) is 0.118. The lowest BCUT2D eigenvalue weighted by Gasteiger charge is -2.06. The average molecular weight is 323 g/mol. The zero-order chi connectivity index (χ0) is 16.8. The molecule has 3 aromatic heterocycles. The number of aryl methyl sites for hydroxylation is 2. The molecule has 0 saturated carbocycles. The highest BCUT2D eigenvalue weighted by atomic mass is 19.1. The van der Waals surface area contributed by atoms with Crippen molar-refractivity contribution in [2.75, 3.05) is 0 Å². The minimum absolute atomic E-state index is 0.222. The maximum absolute atomic E-state index is 14.7. The number of aromatic amines is 1. The predicted octanol–water partition coefficient (Wildman–Crippen LogP) is 2.63. The third-order valence-corrected chi connectivity index (χ3v) is 3.92. The number of hydrogen-bond donors (Lipinski definition) is 1. The molecule has 0 unspecified atom stereocenters. The van der Waals surface area contributed by atoms with E-state index in [2.05, 4.69) is 15.2 Å². The Labute approximate surface area is 136 Å². The van der Waals surface area contributed by atoms with Crippen LogP contribution in [0.15, 0.2) is 47.5 Å². The van der Waals surface area contributed by atoms with Crippen molar-refractivity contribution in [3.05, 3.63) is 70.3 Å². The molecule has 0 saturated heterocycles. The van der Waals surface area contributed by atoms with Crippen molar-refractivity contribution in [3.63, 3.8) is 0 Å². The molecule has 0 fully saturated rings. The van der Waals surface area contributed by atoms with Crippen LogP contribution in [-0.2, 0) is 0 Å². The Kier molecular flexibility index (Phi) is 3.09. The molecule has 4 aromatic rings. The van der Waals surface area contributed by atoms with E-state index in [1.807, 2.05) is 0 Å². The number of rotatable bonds is 2. The number of aromatic nitrogens is 5. The first-order valence-corrected chi connectivity index (χ1v) is 7.43. The highest BCUT2D eigenvalue weighted by Gasteiger charge is 2.17. The van der Waals surface area contributed by atoms with Crippen molar-refractivity contribution in [2.45, 2.75) is 13.8 Å². The van der Waals surface area contributed by atoms with E-state index in [-0.39, 0.29) is 5.56 Å². The smallest absolute Gasteiger partial charge is 0.272 e. The van der Waals surface area contributed by atoms with Gasteiger partial charge in [0.05, 0.1) is 5.69 Å². The Morgan fingerprint density at radius 2 is 2.04 bits per heavy atom. The molecule has 0 aliphatic rings. The fourth-order valence-corrected chi connectivity index (χ4v) is 2.86. The van der Waals surface area contributed by atoms with Crippen molar-refractivity contribution >= 4 is 5.65 Å². The van der Waals surface area contributed by atoms with Gasteiger partial charge < -0.3 is 0 Å². The van der Waals surface area contributed by atoms with E-state index in [9.17, 15) is 9.18 Å². The molecular weight excluding hydrogens is 309 g/mol. The van der Waals surface area contributed by atoms with E-state index in [0.29, 0.717) is 33.8 Å². The molecule has 3 heterocycles. The van der Waals surface area contributed by atoms with Crippen LogP contribution in [0.5, 0.6) is 0 Å². The van der Waals surface area contributed by atoms with Gasteiger partial charge in [0, 0.05) is 47.0 Å². The molecule has 0 amide bonds. The van der Waals surface area contributed by atoms with Gasteiger partial charge in [-0.15, -0.1) is 0 Å². The molecular formula is C17H14FN5O. The van der Waals surface area contributed by atoms with Crippen molar-refractivity contribution in [3.8, 4) is 16.8 Å². The van der Waals surface area contributed by atoms with Crippen LogP contribution >= 0.6 is 0 Å². The normalized spacial score (nSPS) is 11.3. The van der Waals surface area contributed by atoms with Gasteiger partial charge in [-0.25, -0.2) is 18.6 Å². The number of fused-ring (bicyclic) bond motifs is 1. The zero-order valence-corrected chi connectivity index (χ0v) is 13.1. The maximum atomic E-state index is 14.7. The van der Waals surface area contributed by atoms with Gasteiger partial charge in [0.15, 0.2) is 5.65 Å². The first-order valence-electron chi connectivity index (χ1n) is 7.43. The van der Waals surface area contributed by atoms with Crippen LogP contribution in [0.25, 0.3) is 22.5 Å².